The van der Waals surface area contributed by atoms with Crippen LogP contribution in [-0.2, 0) is 4.79 Å². The van der Waals surface area contributed by atoms with Crippen LogP contribution in [0.1, 0.15) is 16.7 Å². The maximum atomic E-state index is 13.3. The minimum Gasteiger partial charge on any atom is -0.322 e. The van der Waals surface area contributed by atoms with Crippen molar-refractivity contribution in [2.75, 3.05) is 5.32 Å². The third-order valence-corrected chi connectivity index (χ3v) is 2.94. The van der Waals surface area contributed by atoms with Gasteiger partial charge in [-0.25, -0.2) is 4.39 Å². The zero-order valence-corrected chi connectivity index (χ0v) is 11.5. The number of hydrogen-bond donors (Lipinski definition) is 1. The fraction of sp³-hybridized carbons (Fsp3) is 0.118. The molecule has 2 aromatic carbocycles. The van der Waals surface area contributed by atoms with E-state index in [0.717, 1.165) is 5.56 Å². The van der Waals surface area contributed by atoms with E-state index >= 15 is 0 Å². The molecule has 2 aromatic rings. The van der Waals surface area contributed by atoms with Crippen LogP contribution in [0.15, 0.2) is 48.5 Å². The Hall–Kier alpha value is -2.42. The van der Waals surface area contributed by atoms with E-state index < -0.39 is 0 Å². The highest BCUT2D eigenvalue weighted by Gasteiger charge is 2.01. The van der Waals surface area contributed by atoms with Crippen molar-refractivity contribution in [1.82, 2.24) is 0 Å². The first-order valence-corrected chi connectivity index (χ1v) is 6.36. The number of nitrogens with one attached hydrogen (secondary N) is 1. The molecule has 2 rings (SSSR count). The normalized spacial score (nSPS) is 10.8. The van der Waals surface area contributed by atoms with Gasteiger partial charge in [-0.05, 0) is 43.2 Å². The summed E-state index contributed by atoms with van der Waals surface area (Å²) in [6.07, 6.45) is 3.15. The van der Waals surface area contributed by atoms with Crippen molar-refractivity contribution in [1.29, 1.82) is 0 Å². The fourth-order valence-electron chi connectivity index (χ4n) is 1.70. The summed E-state index contributed by atoms with van der Waals surface area (Å²) < 4.78 is 13.3. The molecule has 0 unspecified atom stereocenters. The van der Waals surface area contributed by atoms with Crippen LogP contribution in [0.3, 0.4) is 0 Å². The van der Waals surface area contributed by atoms with Gasteiger partial charge in [-0.3, -0.25) is 4.79 Å². The second-order valence-corrected chi connectivity index (χ2v) is 4.70. The number of carbonyl (C=O) groups excluding carboxylic acids is 1. The maximum absolute atomic E-state index is 13.3. The first-order chi connectivity index (χ1) is 9.54. The van der Waals surface area contributed by atoms with E-state index in [-0.39, 0.29) is 11.7 Å². The number of rotatable bonds is 3. The summed E-state index contributed by atoms with van der Waals surface area (Å²) in [7, 11) is 0. The molecule has 0 heterocycles. The maximum Gasteiger partial charge on any atom is 0.248 e. The Morgan fingerprint density at radius 3 is 2.45 bits per heavy atom. The van der Waals surface area contributed by atoms with E-state index in [1.807, 2.05) is 31.2 Å². The van der Waals surface area contributed by atoms with Crippen LogP contribution in [0, 0.1) is 19.7 Å². The average molecular weight is 269 g/mol. The van der Waals surface area contributed by atoms with E-state index in [2.05, 4.69) is 5.32 Å². The fourth-order valence-corrected chi connectivity index (χ4v) is 1.70. The van der Waals surface area contributed by atoms with Crippen LogP contribution < -0.4 is 5.32 Å². The molecule has 2 nitrogen and oxygen atoms in total. The Morgan fingerprint density at radius 2 is 1.80 bits per heavy atom. The number of carbonyl (C=O) groups is 1. The standard InChI is InChI=1S/C17H16FNO/c1-12-3-6-14(7-4-12)8-10-17(20)19-15-9-5-13(2)16(18)11-15/h3-11H,1-2H3,(H,19,20)/b10-8+. The Kier molecular flexibility index (Phi) is 4.31. The summed E-state index contributed by atoms with van der Waals surface area (Å²) in [5.74, 6) is -0.612. The van der Waals surface area contributed by atoms with Gasteiger partial charge in [0.15, 0.2) is 0 Å². The largest absolute Gasteiger partial charge is 0.322 e. The predicted molar refractivity (Wildman–Crippen MR) is 80.0 cm³/mol. The molecule has 0 radical (unpaired) electrons. The third-order valence-electron chi connectivity index (χ3n) is 2.94. The van der Waals surface area contributed by atoms with Crippen LogP contribution in [0.5, 0.6) is 0 Å². The van der Waals surface area contributed by atoms with Crippen molar-refractivity contribution < 1.29 is 9.18 Å². The third kappa shape index (κ3) is 3.79. The number of benzene rings is 2. The number of anilines is 1. The van der Waals surface area contributed by atoms with Gasteiger partial charge in [-0.1, -0.05) is 35.9 Å². The molecule has 0 aliphatic heterocycles. The lowest BCUT2D eigenvalue weighted by Crippen LogP contribution is -2.08. The summed E-state index contributed by atoms with van der Waals surface area (Å²) >= 11 is 0. The molecule has 0 spiro atoms. The molecule has 20 heavy (non-hydrogen) atoms. The molecule has 3 heteroatoms. The summed E-state index contributed by atoms with van der Waals surface area (Å²) in [6, 6.07) is 12.5. The number of amides is 1. The van der Waals surface area contributed by atoms with Gasteiger partial charge in [0.1, 0.15) is 5.82 Å². The minimum atomic E-state index is -0.328. The second kappa shape index (κ2) is 6.15. The van der Waals surface area contributed by atoms with Crippen molar-refractivity contribution in [3.63, 3.8) is 0 Å². The summed E-state index contributed by atoms with van der Waals surface area (Å²) in [5, 5.41) is 2.63. The van der Waals surface area contributed by atoms with Crippen molar-refractivity contribution in [2.24, 2.45) is 0 Å². The van der Waals surface area contributed by atoms with E-state index in [1.54, 1.807) is 25.1 Å². The van der Waals surface area contributed by atoms with Crippen LogP contribution >= 0.6 is 0 Å². The van der Waals surface area contributed by atoms with Gasteiger partial charge >= 0.3 is 0 Å². The molecule has 0 fully saturated rings. The SMILES string of the molecule is Cc1ccc(/C=C/C(=O)Nc2ccc(C)c(F)c2)cc1. The Morgan fingerprint density at radius 1 is 1.10 bits per heavy atom. The molecular formula is C17H16FNO. The first kappa shape index (κ1) is 14.0. The highest BCUT2D eigenvalue weighted by atomic mass is 19.1. The molecule has 1 amide bonds. The van der Waals surface area contributed by atoms with Crippen LogP contribution in [0.25, 0.3) is 6.08 Å². The van der Waals surface area contributed by atoms with E-state index in [0.29, 0.717) is 11.3 Å². The number of aryl methyl sites for hydroxylation is 2. The molecule has 0 bridgehead atoms. The molecule has 102 valence electrons. The first-order valence-electron chi connectivity index (χ1n) is 6.36. The van der Waals surface area contributed by atoms with E-state index in [4.69, 9.17) is 0 Å². The Bertz CT molecular complexity index is 645. The van der Waals surface area contributed by atoms with Crippen LogP contribution in [0.2, 0.25) is 0 Å². The van der Waals surface area contributed by atoms with Gasteiger partial charge in [-0.15, -0.1) is 0 Å². The Labute approximate surface area is 118 Å². The highest BCUT2D eigenvalue weighted by Crippen LogP contribution is 2.13. The van der Waals surface area contributed by atoms with Gasteiger partial charge in [-0.2, -0.15) is 0 Å². The lowest BCUT2D eigenvalue weighted by molar-refractivity contribution is -0.111. The van der Waals surface area contributed by atoms with E-state index in [1.165, 1.54) is 17.7 Å². The summed E-state index contributed by atoms with van der Waals surface area (Å²) in [4.78, 5) is 11.7. The average Bonchev–Trinajstić information content (AvgIpc) is 2.42. The minimum absolute atomic E-state index is 0.283. The van der Waals surface area contributed by atoms with Crippen molar-refractivity contribution in [3.8, 4) is 0 Å². The molecule has 1 N–H and O–H groups in total. The van der Waals surface area contributed by atoms with Gasteiger partial charge in [0.25, 0.3) is 0 Å². The van der Waals surface area contributed by atoms with Crippen molar-refractivity contribution in [2.45, 2.75) is 13.8 Å². The molecule has 0 aliphatic carbocycles. The molecule has 0 atom stereocenters. The molecule has 0 saturated carbocycles. The van der Waals surface area contributed by atoms with Crippen LogP contribution in [-0.4, -0.2) is 5.91 Å². The monoisotopic (exact) mass is 269 g/mol. The highest BCUT2D eigenvalue weighted by molar-refractivity contribution is 6.01. The predicted octanol–water partition coefficient (Wildman–Crippen LogP) is 4.09. The lowest BCUT2D eigenvalue weighted by atomic mass is 10.1. The lowest BCUT2D eigenvalue weighted by Gasteiger charge is -2.03. The molecule has 0 aliphatic rings. The molecular weight excluding hydrogens is 253 g/mol. The van der Waals surface area contributed by atoms with Crippen molar-refractivity contribution in [3.05, 3.63) is 71.0 Å². The van der Waals surface area contributed by atoms with Gasteiger partial charge in [0.2, 0.25) is 5.91 Å². The zero-order valence-electron chi connectivity index (χ0n) is 11.5. The Balaban J connectivity index is 2.01. The van der Waals surface area contributed by atoms with E-state index in [9.17, 15) is 9.18 Å². The summed E-state index contributed by atoms with van der Waals surface area (Å²) in [5.41, 5.74) is 3.12. The molecule has 0 saturated heterocycles. The van der Waals surface area contributed by atoms with Crippen LogP contribution in [0.4, 0.5) is 10.1 Å². The topological polar surface area (TPSA) is 29.1 Å². The second-order valence-electron chi connectivity index (χ2n) is 4.70. The van der Waals surface area contributed by atoms with Gasteiger partial charge in [0.05, 0.1) is 0 Å². The zero-order chi connectivity index (χ0) is 14.5. The van der Waals surface area contributed by atoms with Gasteiger partial charge in [0, 0.05) is 11.8 Å². The number of hydrogen-bond acceptors (Lipinski definition) is 1. The number of halogens is 1. The quantitative estimate of drug-likeness (QED) is 0.835. The van der Waals surface area contributed by atoms with Crippen molar-refractivity contribution >= 4 is 17.7 Å². The smallest absolute Gasteiger partial charge is 0.248 e. The summed E-state index contributed by atoms with van der Waals surface area (Å²) in [6.45, 7) is 3.68. The van der Waals surface area contributed by atoms with Gasteiger partial charge < -0.3 is 5.32 Å². The molecule has 0 aromatic heterocycles.